The van der Waals surface area contributed by atoms with Crippen LogP contribution in [0.25, 0.3) is 0 Å². The normalized spacial score (nSPS) is 13.7. The number of allylic oxidation sites excluding steroid dienone is 4. The van der Waals surface area contributed by atoms with Crippen molar-refractivity contribution in [1.29, 1.82) is 0 Å². The van der Waals surface area contributed by atoms with E-state index in [2.05, 4.69) is 43.5 Å². The van der Waals surface area contributed by atoms with Gasteiger partial charge in [0.15, 0.2) is 0 Å². The summed E-state index contributed by atoms with van der Waals surface area (Å²) < 4.78 is 23.6. The summed E-state index contributed by atoms with van der Waals surface area (Å²) in [5.41, 5.74) is 0. The molecule has 2 N–H and O–H groups in total. The largest absolute Gasteiger partial charge is 0.756 e. The van der Waals surface area contributed by atoms with Crippen molar-refractivity contribution in [3.8, 4) is 0 Å². The summed E-state index contributed by atoms with van der Waals surface area (Å²) in [4.78, 5) is 25.7. The average Bonchev–Trinajstić information content (AvgIpc) is 3.49. The number of nitrogens with zero attached hydrogens (tertiary/aromatic N) is 1. The summed E-state index contributed by atoms with van der Waals surface area (Å²) >= 11 is 0. The topological polar surface area (TPSA) is 108 Å². The zero-order chi connectivity index (χ0) is 60.5. The molecule has 0 aliphatic heterocycles. The maximum absolute atomic E-state index is 13.1. The van der Waals surface area contributed by atoms with Crippen molar-refractivity contribution < 1.29 is 32.9 Å². The molecule has 0 heterocycles. The van der Waals surface area contributed by atoms with Gasteiger partial charge in [0, 0.05) is 6.42 Å². The Hall–Kier alpha value is -1.02. The fourth-order valence-electron chi connectivity index (χ4n) is 11.7. The molecule has 3 unspecified atom stereocenters. The van der Waals surface area contributed by atoms with Gasteiger partial charge in [-0.15, -0.1) is 0 Å². The fraction of sp³-hybridized carbons (Fsp3) is 0.932. The summed E-state index contributed by atoms with van der Waals surface area (Å²) in [6.07, 6.45) is 85.6. The van der Waals surface area contributed by atoms with Gasteiger partial charge in [-0.05, 0) is 44.9 Å². The molecule has 0 fully saturated rings. The molecule has 0 aliphatic carbocycles. The zero-order valence-corrected chi connectivity index (χ0v) is 57.6. The van der Waals surface area contributed by atoms with Gasteiger partial charge in [-0.1, -0.05) is 366 Å². The Kier molecular flexibility index (Phi) is 64.6. The third-order valence-corrected chi connectivity index (χ3v) is 18.4. The van der Waals surface area contributed by atoms with Crippen LogP contribution in [0.5, 0.6) is 0 Å². The van der Waals surface area contributed by atoms with Crippen molar-refractivity contribution in [1.82, 2.24) is 5.32 Å². The second-order valence-corrected chi connectivity index (χ2v) is 28.4. The van der Waals surface area contributed by atoms with Gasteiger partial charge < -0.3 is 28.8 Å². The first-order valence-corrected chi connectivity index (χ1v) is 38.6. The molecule has 0 radical (unpaired) electrons. The molecule has 0 aliphatic rings. The second kappa shape index (κ2) is 65.4. The molecule has 83 heavy (non-hydrogen) atoms. The fourth-order valence-corrected chi connectivity index (χ4v) is 12.4. The quantitative estimate of drug-likeness (QED) is 0.0272. The van der Waals surface area contributed by atoms with Gasteiger partial charge in [-0.3, -0.25) is 9.36 Å². The van der Waals surface area contributed by atoms with E-state index in [-0.39, 0.29) is 19.1 Å². The minimum absolute atomic E-state index is 0.0155. The highest BCUT2D eigenvalue weighted by molar-refractivity contribution is 7.45. The number of hydrogen-bond acceptors (Lipinski definition) is 6. The van der Waals surface area contributed by atoms with Crippen LogP contribution in [-0.4, -0.2) is 68.5 Å². The highest BCUT2D eigenvalue weighted by atomic mass is 31.2. The Morgan fingerprint density at radius 3 is 1.00 bits per heavy atom. The molecule has 3 atom stereocenters. The van der Waals surface area contributed by atoms with Gasteiger partial charge >= 0.3 is 0 Å². The predicted molar refractivity (Wildman–Crippen MR) is 362 cm³/mol. The Labute approximate surface area is 519 Å². The van der Waals surface area contributed by atoms with Crippen molar-refractivity contribution in [3.05, 3.63) is 24.3 Å². The molecule has 8 nitrogen and oxygen atoms in total. The number of amides is 1. The number of carbonyl (C=O) groups is 1. The molecule has 1 amide bonds. The minimum atomic E-state index is -4.58. The molecule has 0 saturated heterocycles. The number of aliphatic hydroxyl groups is 1. The number of phosphoric acid groups is 1. The van der Waals surface area contributed by atoms with Gasteiger partial charge in [-0.25, -0.2) is 0 Å². The van der Waals surface area contributed by atoms with Gasteiger partial charge in [0.2, 0.25) is 5.91 Å². The molecule has 9 heteroatoms. The third-order valence-electron chi connectivity index (χ3n) is 17.4. The first-order chi connectivity index (χ1) is 40.5. The SMILES string of the molecule is CCCCCCC/C=C\C/C=C\CCCCCCCCCCCCCCCCCCCCCCCCCC(=O)NC(COP(=O)([O-])OCC[N+](C)(C)C)C(O)CCCCCCCCCCCCCCCCCCCCCCCCCCCC. The van der Waals surface area contributed by atoms with Gasteiger partial charge in [-0.2, -0.15) is 0 Å². The van der Waals surface area contributed by atoms with E-state index in [0.29, 0.717) is 23.9 Å². The van der Waals surface area contributed by atoms with Crippen molar-refractivity contribution in [2.75, 3.05) is 40.9 Å². The molecule has 0 aromatic rings. The first-order valence-electron chi connectivity index (χ1n) is 37.2. The number of unbranched alkanes of at least 4 members (excludes halogenated alkanes) is 53. The smallest absolute Gasteiger partial charge is 0.268 e. The number of nitrogens with one attached hydrogen (secondary N) is 1. The van der Waals surface area contributed by atoms with Gasteiger partial charge in [0.05, 0.1) is 39.9 Å². The predicted octanol–water partition coefficient (Wildman–Crippen LogP) is 23.2. The van der Waals surface area contributed by atoms with Crippen molar-refractivity contribution in [2.24, 2.45) is 0 Å². The van der Waals surface area contributed by atoms with Gasteiger partial charge in [0.25, 0.3) is 7.82 Å². The van der Waals surface area contributed by atoms with Crippen LogP contribution in [0.3, 0.4) is 0 Å². The lowest BCUT2D eigenvalue weighted by molar-refractivity contribution is -0.870. The highest BCUT2D eigenvalue weighted by Crippen LogP contribution is 2.38. The van der Waals surface area contributed by atoms with Crippen molar-refractivity contribution in [2.45, 2.75) is 405 Å². The molecule has 0 saturated carbocycles. The van der Waals surface area contributed by atoms with E-state index in [9.17, 15) is 19.4 Å². The van der Waals surface area contributed by atoms with Crippen molar-refractivity contribution in [3.63, 3.8) is 0 Å². The van der Waals surface area contributed by atoms with E-state index in [0.717, 1.165) is 44.9 Å². The van der Waals surface area contributed by atoms with E-state index in [1.165, 1.54) is 321 Å². The minimum Gasteiger partial charge on any atom is -0.756 e. The van der Waals surface area contributed by atoms with E-state index < -0.39 is 20.0 Å². The summed E-state index contributed by atoms with van der Waals surface area (Å²) in [5, 5.41) is 14.1. The maximum atomic E-state index is 13.1. The molecular weight excluding hydrogens is 1040 g/mol. The van der Waals surface area contributed by atoms with Gasteiger partial charge in [0.1, 0.15) is 13.2 Å². The molecule has 0 aromatic carbocycles. The molecule has 494 valence electrons. The lowest BCUT2D eigenvalue weighted by atomic mass is 10.0. The third kappa shape index (κ3) is 68.3. The van der Waals surface area contributed by atoms with Crippen LogP contribution < -0.4 is 10.2 Å². The highest BCUT2D eigenvalue weighted by Gasteiger charge is 2.24. The lowest BCUT2D eigenvalue weighted by Crippen LogP contribution is -2.46. The van der Waals surface area contributed by atoms with Crippen LogP contribution in [0.1, 0.15) is 393 Å². The standard InChI is InChI=1S/C74H147N2O6P/c1-6-8-10-12-14-16-18-20-22-24-26-28-30-32-34-35-36-37-38-39-40-41-42-44-46-48-50-52-54-56-58-60-62-64-66-68-74(78)75-72(71-82-83(79,80)81-70-69-76(3,4)5)73(77)67-65-63-61-59-57-55-53-51-49-47-45-43-33-31-29-27-25-23-21-19-17-15-13-11-9-7-2/h18,20,24,26,72-73,77H,6-17,19,21-23,25,27-71H2,1-5H3,(H-,75,78,79,80)/b20-18-,26-24-. The summed E-state index contributed by atoms with van der Waals surface area (Å²) in [7, 11) is 1.33. The van der Waals surface area contributed by atoms with Crippen LogP contribution in [0.15, 0.2) is 24.3 Å². The Morgan fingerprint density at radius 1 is 0.422 bits per heavy atom. The molecule has 0 rings (SSSR count). The number of phosphoric ester groups is 1. The maximum Gasteiger partial charge on any atom is 0.268 e. The van der Waals surface area contributed by atoms with Crippen LogP contribution in [0.4, 0.5) is 0 Å². The van der Waals surface area contributed by atoms with Crippen LogP contribution in [0.2, 0.25) is 0 Å². The van der Waals surface area contributed by atoms with E-state index >= 15 is 0 Å². The average molecular weight is 1190 g/mol. The summed E-state index contributed by atoms with van der Waals surface area (Å²) in [5.74, 6) is -0.155. The number of quaternary nitrogens is 1. The van der Waals surface area contributed by atoms with Crippen LogP contribution in [0, 0.1) is 0 Å². The van der Waals surface area contributed by atoms with Crippen LogP contribution in [-0.2, 0) is 18.4 Å². The van der Waals surface area contributed by atoms with Crippen molar-refractivity contribution >= 4 is 13.7 Å². The van der Waals surface area contributed by atoms with E-state index in [4.69, 9.17) is 9.05 Å². The number of rotatable bonds is 70. The number of aliphatic hydroxyl groups excluding tert-OH is 1. The number of hydrogen-bond donors (Lipinski definition) is 2. The summed E-state index contributed by atoms with van der Waals surface area (Å²) in [6, 6.07) is -0.799. The Bertz CT molecular complexity index is 1400. The number of likely N-dealkylation sites (N-methyl/N-ethyl adjacent to an activating group) is 1. The molecular formula is C74H147N2O6P. The van der Waals surface area contributed by atoms with Crippen LogP contribution >= 0.6 is 7.82 Å². The number of carbonyl (C=O) groups excluding carboxylic acids is 1. The molecule has 0 spiro atoms. The zero-order valence-electron chi connectivity index (χ0n) is 56.7. The summed E-state index contributed by atoms with van der Waals surface area (Å²) in [6.45, 7) is 4.78. The van der Waals surface area contributed by atoms with E-state index in [1.54, 1.807) is 0 Å². The second-order valence-electron chi connectivity index (χ2n) is 27.0. The Morgan fingerprint density at radius 2 is 0.699 bits per heavy atom. The Balaban J connectivity index is 3.94. The molecule has 0 aromatic heterocycles. The lowest BCUT2D eigenvalue weighted by Gasteiger charge is -2.30. The first kappa shape index (κ1) is 82.0. The van der Waals surface area contributed by atoms with E-state index in [1.807, 2.05) is 21.1 Å². The monoisotopic (exact) mass is 1190 g/mol. The molecule has 0 bridgehead atoms.